The second-order valence-corrected chi connectivity index (χ2v) is 5.87. The molecule has 1 aromatic heterocycles. The average molecular weight is 288 g/mol. The molecule has 1 N–H and O–H groups in total. The molecule has 0 fully saturated rings. The fraction of sp³-hybridized carbons (Fsp3) is 0.154. The van der Waals surface area contributed by atoms with Crippen LogP contribution in [0, 0.1) is 18.3 Å². The molecule has 7 heteroatoms. The molecule has 2 aromatic rings. The van der Waals surface area contributed by atoms with Crippen LogP contribution in [0.4, 0.5) is 0 Å². The van der Waals surface area contributed by atoms with E-state index in [4.69, 9.17) is 5.26 Å². The van der Waals surface area contributed by atoms with Crippen LogP contribution in [0.1, 0.15) is 16.8 Å². The van der Waals surface area contributed by atoms with Gasteiger partial charge in [0.1, 0.15) is 0 Å². The smallest absolute Gasteiger partial charge is 0.207 e. The van der Waals surface area contributed by atoms with Crippen LogP contribution in [0.3, 0.4) is 0 Å². The van der Waals surface area contributed by atoms with E-state index < -0.39 is 10.0 Å². The maximum absolute atomic E-state index is 12.2. The molecule has 2 rings (SSSR count). The zero-order chi connectivity index (χ0) is 14.6. The molecular formula is C13H12N4O2S. The number of hydrogen-bond donors (Lipinski definition) is 1. The van der Waals surface area contributed by atoms with Gasteiger partial charge in [0, 0.05) is 6.20 Å². The fourth-order valence-electron chi connectivity index (χ4n) is 1.63. The Morgan fingerprint density at radius 2 is 2.15 bits per heavy atom. The van der Waals surface area contributed by atoms with Crippen LogP contribution in [0.25, 0.3) is 0 Å². The number of nitrogens with zero attached hydrogens (tertiary/aromatic N) is 3. The summed E-state index contributed by atoms with van der Waals surface area (Å²) in [6, 6.07) is 9.82. The molecule has 20 heavy (non-hydrogen) atoms. The maximum Gasteiger partial charge on any atom is 0.241 e. The van der Waals surface area contributed by atoms with E-state index in [2.05, 4.69) is 14.9 Å². The van der Waals surface area contributed by atoms with Gasteiger partial charge in [-0.15, -0.1) is 0 Å². The molecule has 0 aliphatic carbocycles. The molecule has 0 saturated carbocycles. The molecular weight excluding hydrogens is 276 g/mol. The van der Waals surface area contributed by atoms with Gasteiger partial charge in [0.05, 0.1) is 28.8 Å². The summed E-state index contributed by atoms with van der Waals surface area (Å²) in [4.78, 5) is 0.0976. The fourth-order valence-corrected chi connectivity index (χ4v) is 2.90. The van der Waals surface area contributed by atoms with Gasteiger partial charge in [0.2, 0.25) is 10.0 Å². The zero-order valence-corrected chi connectivity index (χ0v) is 11.6. The summed E-state index contributed by atoms with van der Waals surface area (Å²) in [5, 5.41) is 16.3. The van der Waals surface area contributed by atoms with Crippen LogP contribution < -0.4 is 4.72 Å². The van der Waals surface area contributed by atoms with Gasteiger partial charge in [-0.05, 0) is 36.8 Å². The molecule has 102 valence electrons. The van der Waals surface area contributed by atoms with Crippen molar-refractivity contribution in [3.63, 3.8) is 0 Å². The van der Waals surface area contributed by atoms with Crippen LogP contribution in [-0.4, -0.2) is 18.6 Å². The summed E-state index contributed by atoms with van der Waals surface area (Å²) in [6.45, 7) is 1.73. The van der Waals surface area contributed by atoms with Crippen molar-refractivity contribution in [3.8, 4) is 6.07 Å². The first-order chi connectivity index (χ1) is 9.53. The molecule has 0 amide bonds. The summed E-state index contributed by atoms with van der Waals surface area (Å²) < 4.78 is 26.9. The molecule has 1 heterocycles. The summed E-state index contributed by atoms with van der Waals surface area (Å²) in [6.07, 6.45) is 1.51. The van der Waals surface area contributed by atoms with Gasteiger partial charge >= 0.3 is 0 Å². The van der Waals surface area contributed by atoms with Gasteiger partial charge in [-0.2, -0.15) is 15.5 Å². The van der Waals surface area contributed by atoms with Crippen molar-refractivity contribution in [2.75, 3.05) is 0 Å². The van der Waals surface area contributed by atoms with Crippen LogP contribution in [0.5, 0.6) is 0 Å². The van der Waals surface area contributed by atoms with Gasteiger partial charge in [-0.3, -0.25) is 0 Å². The van der Waals surface area contributed by atoms with Crippen molar-refractivity contribution in [1.29, 1.82) is 5.26 Å². The summed E-state index contributed by atoms with van der Waals surface area (Å²) in [5.74, 6) is 0. The van der Waals surface area contributed by atoms with Crippen molar-refractivity contribution in [2.24, 2.45) is 0 Å². The Morgan fingerprint density at radius 1 is 1.35 bits per heavy atom. The molecule has 0 saturated heterocycles. The third-order valence-corrected chi connectivity index (χ3v) is 4.22. The highest BCUT2D eigenvalue weighted by Gasteiger charge is 2.17. The standard InChI is InChI=1S/C13H12N4O2S/c1-10-4-5-11(8-14)7-13(10)20(18,19)16-9-12-3-2-6-15-17-12/h2-7,16H,9H2,1H3. The lowest BCUT2D eigenvalue weighted by molar-refractivity contribution is 0.579. The van der Waals surface area contributed by atoms with Crippen molar-refractivity contribution in [3.05, 3.63) is 53.3 Å². The van der Waals surface area contributed by atoms with E-state index in [1.54, 1.807) is 31.2 Å². The quantitative estimate of drug-likeness (QED) is 0.910. The summed E-state index contributed by atoms with van der Waals surface area (Å²) in [7, 11) is -3.69. The van der Waals surface area contributed by atoms with E-state index >= 15 is 0 Å². The van der Waals surface area contributed by atoms with Gasteiger partial charge in [-0.25, -0.2) is 13.1 Å². The van der Waals surface area contributed by atoms with Crippen LogP contribution >= 0.6 is 0 Å². The van der Waals surface area contributed by atoms with Crippen LogP contribution in [-0.2, 0) is 16.6 Å². The van der Waals surface area contributed by atoms with E-state index in [9.17, 15) is 8.42 Å². The van der Waals surface area contributed by atoms with Gasteiger partial charge in [-0.1, -0.05) is 6.07 Å². The molecule has 0 atom stereocenters. The minimum atomic E-state index is -3.69. The van der Waals surface area contributed by atoms with Gasteiger partial charge < -0.3 is 0 Å². The Kier molecular flexibility index (Phi) is 4.08. The number of nitriles is 1. The predicted octanol–water partition coefficient (Wildman–Crippen LogP) is 1.14. The third-order valence-electron chi connectivity index (χ3n) is 2.68. The van der Waals surface area contributed by atoms with Gasteiger partial charge in [0.15, 0.2) is 0 Å². The molecule has 0 radical (unpaired) electrons. The lowest BCUT2D eigenvalue weighted by Crippen LogP contribution is -2.24. The predicted molar refractivity (Wildman–Crippen MR) is 72.0 cm³/mol. The minimum Gasteiger partial charge on any atom is -0.207 e. The second-order valence-electron chi connectivity index (χ2n) is 4.13. The van der Waals surface area contributed by atoms with E-state index in [0.29, 0.717) is 16.8 Å². The molecule has 6 nitrogen and oxygen atoms in total. The first kappa shape index (κ1) is 14.1. The monoisotopic (exact) mass is 288 g/mol. The van der Waals surface area contributed by atoms with Crippen molar-refractivity contribution < 1.29 is 8.42 Å². The Balaban J connectivity index is 2.25. The number of sulfonamides is 1. The lowest BCUT2D eigenvalue weighted by Gasteiger charge is -2.09. The topological polar surface area (TPSA) is 95.7 Å². The Bertz CT molecular complexity index is 752. The Labute approximate surface area is 117 Å². The Hall–Kier alpha value is -2.30. The SMILES string of the molecule is Cc1ccc(C#N)cc1S(=O)(=O)NCc1cccnn1. The number of rotatable bonds is 4. The van der Waals surface area contributed by atoms with Crippen LogP contribution in [0.15, 0.2) is 41.4 Å². The number of hydrogen-bond acceptors (Lipinski definition) is 5. The van der Waals surface area contributed by atoms with Crippen molar-refractivity contribution >= 4 is 10.0 Å². The second kappa shape index (κ2) is 5.77. The van der Waals surface area contributed by atoms with E-state index in [0.717, 1.165) is 0 Å². The third kappa shape index (κ3) is 3.17. The summed E-state index contributed by atoms with van der Waals surface area (Å²) >= 11 is 0. The zero-order valence-electron chi connectivity index (χ0n) is 10.7. The number of nitrogens with one attached hydrogen (secondary N) is 1. The number of benzene rings is 1. The molecule has 1 aromatic carbocycles. The maximum atomic E-state index is 12.2. The molecule has 0 aliphatic rings. The highest BCUT2D eigenvalue weighted by atomic mass is 32.2. The van der Waals surface area contributed by atoms with E-state index in [1.807, 2.05) is 6.07 Å². The minimum absolute atomic E-state index is 0.0480. The van der Waals surface area contributed by atoms with E-state index in [1.165, 1.54) is 12.3 Å². The highest BCUT2D eigenvalue weighted by Crippen LogP contribution is 2.16. The normalized spacial score (nSPS) is 11.0. The summed E-state index contributed by atoms with van der Waals surface area (Å²) in [5.41, 5.74) is 1.40. The number of aromatic nitrogens is 2. The molecule has 0 spiro atoms. The van der Waals surface area contributed by atoms with Crippen molar-refractivity contribution in [1.82, 2.24) is 14.9 Å². The van der Waals surface area contributed by atoms with Gasteiger partial charge in [0.25, 0.3) is 0 Å². The number of aryl methyl sites for hydroxylation is 1. The van der Waals surface area contributed by atoms with Crippen LogP contribution in [0.2, 0.25) is 0 Å². The first-order valence-corrected chi connectivity index (χ1v) is 7.28. The first-order valence-electron chi connectivity index (χ1n) is 5.80. The highest BCUT2D eigenvalue weighted by molar-refractivity contribution is 7.89. The molecule has 0 aliphatic heterocycles. The molecule has 0 bridgehead atoms. The average Bonchev–Trinajstić information content (AvgIpc) is 2.47. The lowest BCUT2D eigenvalue weighted by atomic mass is 10.2. The molecule has 0 unspecified atom stereocenters. The Morgan fingerprint density at radius 3 is 2.80 bits per heavy atom. The largest absolute Gasteiger partial charge is 0.241 e. The van der Waals surface area contributed by atoms with Crippen molar-refractivity contribution in [2.45, 2.75) is 18.4 Å². The van der Waals surface area contributed by atoms with E-state index in [-0.39, 0.29) is 11.4 Å².